The maximum absolute atomic E-state index is 12.5. The minimum Gasteiger partial charge on any atom is -0.535 e. The second kappa shape index (κ2) is 10.6. The van der Waals surface area contributed by atoms with E-state index >= 15 is 0 Å². The summed E-state index contributed by atoms with van der Waals surface area (Å²) in [6, 6.07) is 5.01. The molecule has 30 heavy (non-hydrogen) atoms. The highest BCUT2D eigenvalue weighted by Gasteiger charge is 2.37. The molecule has 2 aliphatic rings. The van der Waals surface area contributed by atoms with Gasteiger partial charge in [0.15, 0.2) is 0 Å². The lowest BCUT2D eigenvalue weighted by atomic mass is 9.64. The van der Waals surface area contributed by atoms with Crippen LogP contribution in [0.1, 0.15) is 54.9 Å². The fraction of sp³-hybridized carbons (Fsp3) is 0.571. The van der Waals surface area contributed by atoms with Crippen molar-refractivity contribution in [2.24, 2.45) is 5.92 Å². The fourth-order valence-corrected chi connectivity index (χ4v) is 3.76. The largest absolute Gasteiger partial charge is 0.535 e. The molecule has 1 fully saturated rings. The number of carbonyl (C=O) groups excluding carboxylic acids is 3. The fourth-order valence-electron chi connectivity index (χ4n) is 3.76. The van der Waals surface area contributed by atoms with Gasteiger partial charge in [0, 0.05) is 31.9 Å². The predicted octanol–water partition coefficient (Wildman–Crippen LogP) is 2.32. The lowest BCUT2D eigenvalue weighted by molar-refractivity contribution is -0.160. The van der Waals surface area contributed by atoms with Crippen molar-refractivity contribution < 1.29 is 38.3 Å². The highest BCUT2D eigenvalue weighted by Crippen LogP contribution is 2.36. The average Bonchev–Trinajstić information content (AvgIpc) is 2.74. The molecule has 1 atom stereocenters. The summed E-state index contributed by atoms with van der Waals surface area (Å²) in [5.74, 6) is -1.40. The Hall–Kier alpha value is -2.39. The van der Waals surface area contributed by atoms with Crippen LogP contribution in [0.4, 0.5) is 0 Å². The zero-order valence-electron chi connectivity index (χ0n) is 17.1. The first-order chi connectivity index (χ1) is 14.5. The molecule has 0 aliphatic carbocycles. The molecule has 0 bridgehead atoms. The van der Waals surface area contributed by atoms with Crippen LogP contribution in [0.15, 0.2) is 18.2 Å². The molecule has 0 unspecified atom stereocenters. The number of benzene rings is 1. The van der Waals surface area contributed by atoms with E-state index in [9.17, 15) is 19.4 Å². The minimum atomic E-state index is -1.18. The van der Waals surface area contributed by atoms with Crippen molar-refractivity contribution in [1.29, 1.82) is 0 Å². The van der Waals surface area contributed by atoms with Crippen LogP contribution in [0.3, 0.4) is 0 Å². The summed E-state index contributed by atoms with van der Waals surface area (Å²) in [6.07, 6.45) is 3.06. The number of hydrogen-bond donors (Lipinski definition) is 1. The molecule has 162 valence electrons. The van der Waals surface area contributed by atoms with Crippen molar-refractivity contribution >= 4 is 24.8 Å². The number of fused-ring (bicyclic) bond motifs is 1. The molecule has 1 aromatic rings. The van der Waals surface area contributed by atoms with Crippen molar-refractivity contribution in [3.63, 3.8) is 0 Å². The molecule has 0 spiro atoms. The second-order valence-electron chi connectivity index (χ2n) is 7.66. The van der Waals surface area contributed by atoms with E-state index < -0.39 is 25.8 Å². The van der Waals surface area contributed by atoms with E-state index in [0.717, 1.165) is 12.0 Å². The molecule has 2 heterocycles. The molecule has 1 N–H and O–H groups in total. The number of hydrogen-bond acceptors (Lipinski definition) is 8. The molecule has 1 aromatic carbocycles. The zero-order chi connectivity index (χ0) is 21.5. The smallest absolute Gasteiger partial charge is 0.526 e. The molecule has 2 aliphatic heterocycles. The van der Waals surface area contributed by atoms with Crippen LogP contribution < -0.4 is 4.65 Å². The quantitative estimate of drug-likeness (QED) is 0.389. The Morgan fingerprint density at radius 3 is 2.70 bits per heavy atom. The lowest BCUT2D eigenvalue weighted by Crippen LogP contribution is -2.36. The first-order valence-electron chi connectivity index (χ1n) is 10.4. The Kier molecular flexibility index (Phi) is 7.87. The van der Waals surface area contributed by atoms with E-state index in [0.29, 0.717) is 38.9 Å². The van der Waals surface area contributed by atoms with Gasteiger partial charge < -0.3 is 23.9 Å². The van der Waals surface area contributed by atoms with Crippen LogP contribution in [-0.4, -0.2) is 49.9 Å². The summed E-state index contributed by atoms with van der Waals surface area (Å²) in [6.45, 7) is 2.47. The highest BCUT2D eigenvalue weighted by atomic mass is 16.7. The van der Waals surface area contributed by atoms with Crippen LogP contribution in [0.2, 0.25) is 5.82 Å². The second-order valence-corrected chi connectivity index (χ2v) is 7.66. The summed E-state index contributed by atoms with van der Waals surface area (Å²) < 4.78 is 20.9. The minimum absolute atomic E-state index is 0.0792. The molecule has 9 heteroatoms. The Morgan fingerprint density at radius 2 is 1.97 bits per heavy atom. The molecule has 0 saturated carbocycles. The Balaban J connectivity index is 1.57. The number of ketones is 1. The topological polar surface area (TPSA) is 108 Å². The van der Waals surface area contributed by atoms with E-state index in [2.05, 4.69) is 0 Å². The molecular weight excluding hydrogens is 391 g/mol. The summed E-state index contributed by atoms with van der Waals surface area (Å²) in [4.78, 5) is 36.4. The number of esters is 2. The summed E-state index contributed by atoms with van der Waals surface area (Å²) in [7, 11) is -1.18. The molecular formula is C21H27BO8. The third-order valence-corrected chi connectivity index (χ3v) is 5.40. The predicted molar refractivity (Wildman–Crippen MR) is 107 cm³/mol. The van der Waals surface area contributed by atoms with Gasteiger partial charge in [-0.1, -0.05) is 19.1 Å². The van der Waals surface area contributed by atoms with Crippen molar-refractivity contribution in [3.05, 3.63) is 29.3 Å². The van der Waals surface area contributed by atoms with Gasteiger partial charge in [-0.25, -0.2) is 4.79 Å². The van der Waals surface area contributed by atoms with Crippen LogP contribution in [0, 0.1) is 5.92 Å². The van der Waals surface area contributed by atoms with Crippen molar-refractivity contribution in [2.45, 2.75) is 51.3 Å². The maximum atomic E-state index is 12.5. The molecule has 1 saturated heterocycles. The van der Waals surface area contributed by atoms with Gasteiger partial charge in [0.1, 0.15) is 17.1 Å². The van der Waals surface area contributed by atoms with Gasteiger partial charge in [0.05, 0.1) is 5.92 Å². The summed E-state index contributed by atoms with van der Waals surface area (Å²) in [5, 5.41) is 10.3. The van der Waals surface area contributed by atoms with Gasteiger partial charge in [-0.2, -0.15) is 0 Å². The molecule has 0 radical (unpaired) electrons. The molecule has 0 amide bonds. The highest BCUT2D eigenvalue weighted by molar-refractivity contribution is 6.47. The Morgan fingerprint density at radius 1 is 1.20 bits per heavy atom. The van der Waals surface area contributed by atoms with Gasteiger partial charge >= 0.3 is 19.1 Å². The number of para-hydroxylation sites is 1. The molecule has 8 nitrogen and oxygen atoms in total. The van der Waals surface area contributed by atoms with E-state index in [1.165, 1.54) is 6.07 Å². The van der Waals surface area contributed by atoms with Crippen molar-refractivity contribution in [1.82, 2.24) is 0 Å². The first kappa shape index (κ1) is 22.3. The van der Waals surface area contributed by atoms with E-state index in [-0.39, 0.29) is 35.3 Å². The number of ether oxygens (including phenoxy) is 3. The van der Waals surface area contributed by atoms with Crippen LogP contribution in [0.25, 0.3) is 0 Å². The van der Waals surface area contributed by atoms with E-state index in [1.54, 1.807) is 12.1 Å². The number of rotatable bonds is 8. The Labute approximate surface area is 176 Å². The van der Waals surface area contributed by atoms with Crippen molar-refractivity contribution in [2.75, 3.05) is 20.0 Å². The standard InChI is InChI=1S/C21H27BO8/c1-2-4-17(23)12-16-11-15-5-3-6-18(19(15)30-22(16)26)21(25)29-13-28-20(24)14-7-9-27-10-8-14/h3,5-6,14,16,26H,2,4,7-13H2,1H3/t16-/m1/s1. The zero-order valence-corrected chi connectivity index (χ0v) is 17.1. The third-order valence-electron chi connectivity index (χ3n) is 5.40. The lowest BCUT2D eigenvalue weighted by Gasteiger charge is -2.28. The van der Waals surface area contributed by atoms with Crippen LogP contribution >= 0.6 is 0 Å². The number of Topliss-reactive ketones (excluding diaryl/α,β-unsaturated/α-hetero) is 1. The van der Waals surface area contributed by atoms with Crippen molar-refractivity contribution in [3.8, 4) is 5.75 Å². The molecule has 3 rings (SSSR count). The van der Waals surface area contributed by atoms with E-state index in [4.69, 9.17) is 18.9 Å². The van der Waals surface area contributed by atoms with Gasteiger partial charge in [-0.3, -0.25) is 9.59 Å². The van der Waals surface area contributed by atoms with Gasteiger partial charge in [0.25, 0.3) is 0 Å². The monoisotopic (exact) mass is 418 g/mol. The van der Waals surface area contributed by atoms with Crippen LogP contribution in [0.5, 0.6) is 5.75 Å². The number of carbonyl (C=O) groups is 3. The summed E-state index contributed by atoms with van der Waals surface area (Å²) in [5.41, 5.74) is 0.871. The van der Waals surface area contributed by atoms with E-state index in [1.807, 2.05) is 6.92 Å². The molecule has 0 aromatic heterocycles. The SMILES string of the molecule is CCCC(=O)C[C@H]1Cc2cccc(C(=O)OCOC(=O)C3CCOCC3)c2OB1O. The van der Waals surface area contributed by atoms with Gasteiger partial charge in [-0.15, -0.1) is 0 Å². The van der Waals surface area contributed by atoms with Gasteiger partial charge in [0.2, 0.25) is 6.79 Å². The van der Waals surface area contributed by atoms with Gasteiger partial charge in [-0.05, 0) is 37.3 Å². The first-order valence-corrected chi connectivity index (χ1v) is 10.4. The maximum Gasteiger partial charge on any atom is 0.526 e. The van der Waals surface area contributed by atoms with Crippen LogP contribution in [-0.2, 0) is 30.2 Å². The average molecular weight is 418 g/mol. The third kappa shape index (κ3) is 5.61. The summed E-state index contributed by atoms with van der Waals surface area (Å²) >= 11 is 0. The normalized spacial score (nSPS) is 18.9. The Bertz CT molecular complexity index is 774.